The number of rotatable bonds is 21. The monoisotopic (exact) mass is 570 g/mol. The van der Waals surface area contributed by atoms with Gasteiger partial charge in [-0.1, -0.05) is 145 Å². The average molecular weight is 571 g/mol. The summed E-state index contributed by atoms with van der Waals surface area (Å²) in [5.74, 6) is 0.356. The summed E-state index contributed by atoms with van der Waals surface area (Å²) in [6.45, 7) is 7.44. The van der Waals surface area contributed by atoms with Crippen LogP contribution in [-0.4, -0.2) is 12.6 Å². The van der Waals surface area contributed by atoms with Crippen LogP contribution >= 0.6 is 0 Å². The zero-order chi connectivity index (χ0) is 29.8. The number of carbonyl (C=O) groups excluding carboxylic acids is 1. The Morgan fingerprint density at radius 3 is 1.76 bits per heavy atom. The minimum Gasteiger partial charge on any atom is -0.423 e. The number of para-hydroxylation sites is 1. The minimum absolute atomic E-state index is 0.0873. The maximum Gasteiger partial charge on any atom is 0.343 e. The second-order valence-corrected chi connectivity index (χ2v) is 11.7. The average Bonchev–Trinajstić information content (AvgIpc) is 3.02. The van der Waals surface area contributed by atoms with Gasteiger partial charge in [-0.25, -0.2) is 4.79 Å². The van der Waals surface area contributed by atoms with Crippen LogP contribution in [0, 0.1) is 0 Å². The van der Waals surface area contributed by atoms with Crippen molar-refractivity contribution in [3.05, 3.63) is 89.5 Å². The van der Waals surface area contributed by atoms with Crippen molar-refractivity contribution in [1.82, 2.24) is 0 Å². The number of ether oxygens (including phenoxy) is 2. The summed E-state index contributed by atoms with van der Waals surface area (Å²) in [6, 6.07) is 24.2. The van der Waals surface area contributed by atoms with Crippen molar-refractivity contribution in [3.8, 4) is 16.9 Å². The van der Waals surface area contributed by atoms with E-state index in [0.29, 0.717) is 11.3 Å². The lowest BCUT2D eigenvalue weighted by Crippen LogP contribution is -2.09. The smallest absolute Gasteiger partial charge is 0.343 e. The van der Waals surface area contributed by atoms with E-state index in [-0.39, 0.29) is 12.1 Å². The third kappa shape index (κ3) is 12.1. The third-order valence-corrected chi connectivity index (χ3v) is 8.17. The summed E-state index contributed by atoms with van der Waals surface area (Å²) in [5, 5.41) is 0. The molecule has 0 saturated heterocycles. The highest BCUT2D eigenvalue weighted by Gasteiger charge is 2.12. The Kier molecular flexibility index (Phi) is 16.1. The molecule has 3 aromatic rings. The first kappa shape index (κ1) is 33.6. The summed E-state index contributed by atoms with van der Waals surface area (Å²) in [6.07, 6.45) is 19.2. The van der Waals surface area contributed by atoms with E-state index in [1.165, 1.54) is 82.6 Å². The molecule has 0 aliphatic heterocycles. The first-order valence-electron chi connectivity index (χ1n) is 16.7. The van der Waals surface area contributed by atoms with Crippen molar-refractivity contribution < 1.29 is 14.3 Å². The van der Waals surface area contributed by atoms with Crippen molar-refractivity contribution >= 4 is 5.97 Å². The molecule has 0 aliphatic rings. The number of esters is 1. The van der Waals surface area contributed by atoms with E-state index in [1.807, 2.05) is 42.5 Å². The van der Waals surface area contributed by atoms with Crippen LogP contribution in [0.25, 0.3) is 11.1 Å². The van der Waals surface area contributed by atoms with Gasteiger partial charge in [0.2, 0.25) is 0 Å². The second kappa shape index (κ2) is 20.1. The third-order valence-electron chi connectivity index (χ3n) is 8.17. The molecule has 0 bridgehead atoms. The van der Waals surface area contributed by atoms with Crippen LogP contribution in [0.15, 0.2) is 72.8 Å². The van der Waals surface area contributed by atoms with Crippen LogP contribution in [0.5, 0.6) is 5.75 Å². The van der Waals surface area contributed by atoms with Gasteiger partial charge >= 0.3 is 5.97 Å². The highest BCUT2D eigenvalue weighted by Crippen LogP contribution is 2.26. The van der Waals surface area contributed by atoms with Gasteiger partial charge in [-0.2, -0.15) is 0 Å². The molecule has 0 spiro atoms. The van der Waals surface area contributed by atoms with Gasteiger partial charge < -0.3 is 9.47 Å². The molecule has 0 aliphatic carbocycles. The Bertz CT molecular complexity index is 1130. The molecular weight excluding hydrogens is 516 g/mol. The van der Waals surface area contributed by atoms with Crippen LogP contribution in [0.4, 0.5) is 0 Å². The highest BCUT2D eigenvalue weighted by molar-refractivity contribution is 5.91. The maximum atomic E-state index is 12.9. The second-order valence-electron chi connectivity index (χ2n) is 11.7. The molecule has 3 aromatic carbocycles. The molecule has 3 nitrogen and oxygen atoms in total. The molecule has 228 valence electrons. The number of unbranched alkanes of at least 4 members (excludes halogenated alkanes) is 12. The SMILES string of the molecule is CCCCCCCCCCCCOC(C)c1ccc(-c2ccc(C(=O)Oc3ccccc3CCCCCC)cc2)cc1. The van der Waals surface area contributed by atoms with E-state index in [1.54, 1.807) is 0 Å². The van der Waals surface area contributed by atoms with Crippen molar-refractivity contribution in [3.63, 3.8) is 0 Å². The van der Waals surface area contributed by atoms with Gasteiger partial charge in [-0.05, 0) is 66.6 Å². The van der Waals surface area contributed by atoms with Gasteiger partial charge in [0.25, 0.3) is 0 Å². The minimum atomic E-state index is -0.314. The zero-order valence-corrected chi connectivity index (χ0v) is 26.5. The molecule has 0 saturated carbocycles. The maximum absolute atomic E-state index is 12.9. The molecule has 0 aromatic heterocycles. The lowest BCUT2D eigenvalue weighted by atomic mass is 10.0. The van der Waals surface area contributed by atoms with Crippen molar-refractivity contribution in [2.75, 3.05) is 6.61 Å². The summed E-state index contributed by atoms with van der Waals surface area (Å²) in [5.41, 5.74) is 5.05. The van der Waals surface area contributed by atoms with E-state index in [9.17, 15) is 4.79 Å². The number of aryl methyl sites for hydroxylation is 1. The molecule has 42 heavy (non-hydrogen) atoms. The first-order chi connectivity index (χ1) is 20.6. The van der Waals surface area contributed by atoms with Crippen LogP contribution in [0.1, 0.15) is 138 Å². The van der Waals surface area contributed by atoms with E-state index < -0.39 is 0 Å². The Balaban J connectivity index is 1.40. The molecule has 1 unspecified atom stereocenters. The fourth-order valence-corrected chi connectivity index (χ4v) is 5.40. The first-order valence-corrected chi connectivity index (χ1v) is 16.7. The largest absolute Gasteiger partial charge is 0.423 e. The number of hydrogen-bond donors (Lipinski definition) is 0. The fourth-order valence-electron chi connectivity index (χ4n) is 5.40. The number of carbonyl (C=O) groups is 1. The molecular formula is C39H54O3. The van der Waals surface area contributed by atoms with Crippen molar-refractivity contribution in [2.45, 2.75) is 123 Å². The molecule has 0 amide bonds. The molecule has 0 heterocycles. The standard InChI is InChI=1S/C39H54O3/c1-4-6-8-10-11-12-13-14-15-19-31-41-32(3)33-23-25-34(26-24-33)35-27-29-37(30-28-35)39(40)42-38-22-18-17-21-36(38)20-16-9-7-5-2/h17-18,21-30,32H,4-16,19-20,31H2,1-3H3. The zero-order valence-electron chi connectivity index (χ0n) is 26.5. The number of hydrogen-bond acceptors (Lipinski definition) is 3. The Labute approximate surface area is 256 Å². The lowest BCUT2D eigenvalue weighted by Gasteiger charge is -2.14. The molecule has 3 rings (SSSR count). The molecule has 0 fully saturated rings. The quantitative estimate of drug-likeness (QED) is 0.0726. The van der Waals surface area contributed by atoms with E-state index in [2.05, 4.69) is 51.1 Å². The molecule has 0 radical (unpaired) electrons. The van der Waals surface area contributed by atoms with Gasteiger partial charge in [0.1, 0.15) is 5.75 Å². The van der Waals surface area contributed by atoms with Gasteiger partial charge in [0.05, 0.1) is 11.7 Å². The van der Waals surface area contributed by atoms with Gasteiger partial charge in [0.15, 0.2) is 0 Å². The van der Waals surface area contributed by atoms with E-state index >= 15 is 0 Å². The molecule has 3 heteroatoms. The lowest BCUT2D eigenvalue weighted by molar-refractivity contribution is 0.0627. The van der Waals surface area contributed by atoms with Crippen LogP contribution in [0.2, 0.25) is 0 Å². The van der Waals surface area contributed by atoms with Gasteiger partial charge in [0, 0.05) is 6.61 Å². The van der Waals surface area contributed by atoms with Crippen LogP contribution < -0.4 is 4.74 Å². The molecule has 1 atom stereocenters. The molecule has 0 N–H and O–H groups in total. The summed E-state index contributed by atoms with van der Waals surface area (Å²) in [7, 11) is 0. The Hall–Kier alpha value is -2.91. The highest BCUT2D eigenvalue weighted by atomic mass is 16.5. The number of benzene rings is 3. The summed E-state index contributed by atoms with van der Waals surface area (Å²) >= 11 is 0. The van der Waals surface area contributed by atoms with E-state index in [4.69, 9.17) is 9.47 Å². The van der Waals surface area contributed by atoms with Crippen molar-refractivity contribution in [1.29, 1.82) is 0 Å². The predicted molar refractivity (Wildman–Crippen MR) is 177 cm³/mol. The van der Waals surface area contributed by atoms with Crippen LogP contribution in [0.3, 0.4) is 0 Å². The summed E-state index contributed by atoms with van der Waals surface area (Å²) < 4.78 is 11.9. The topological polar surface area (TPSA) is 35.5 Å². The van der Waals surface area contributed by atoms with E-state index in [0.717, 1.165) is 42.6 Å². The van der Waals surface area contributed by atoms with Crippen molar-refractivity contribution in [2.24, 2.45) is 0 Å². The van der Waals surface area contributed by atoms with Gasteiger partial charge in [-0.3, -0.25) is 0 Å². The fraction of sp³-hybridized carbons (Fsp3) is 0.513. The Morgan fingerprint density at radius 2 is 1.14 bits per heavy atom. The Morgan fingerprint density at radius 1 is 0.619 bits per heavy atom. The summed E-state index contributed by atoms with van der Waals surface area (Å²) in [4.78, 5) is 12.9. The van der Waals surface area contributed by atoms with Gasteiger partial charge in [-0.15, -0.1) is 0 Å². The van der Waals surface area contributed by atoms with Crippen LogP contribution in [-0.2, 0) is 11.2 Å². The predicted octanol–water partition coefficient (Wildman–Crippen LogP) is 11.7. The normalized spacial score (nSPS) is 11.9.